The largest absolute Gasteiger partial charge is 0.480 e. The van der Waals surface area contributed by atoms with Gasteiger partial charge in [0.15, 0.2) is 6.10 Å². The van der Waals surface area contributed by atoms with Crippen molar-refractivity contribution in [2.24, 2.45) is 0 Å². The van der Waals surface area contributed by atoms with Crippen LogP contribution in [0, 0.1) is 0 Å². The van der Waals surface area contributed by atoms with Gasteiger partial charge in [-0.05, 0) is 52.9 Å². The zero-order valence-corrected chi connectivity index (χ0v) is 18.2. The third-order valence-corrected chi connectivity index (χ3v) is 6.24. The van der Waals surface area contributed by atoms with Gasteiger partial charge < -0.3 is 10.1 Å². The molecule has 0 aliphatic carbocycles. The molecule has 0 aromatic heterocycles. The molecule has 30 heavy (non-hydrogen) atoms. The maximum atomic E-state index is 12.8. The molecular weight excluding hydrogens is 417 g/mol. The summed E-state index contributed by atoms with van der Waals surface area (Å²) in [4.78, 5) is 12.8. The minimum Gasteiger partial charge on any atom is -0.480 e. The molecular formula is C25H23Cl2NO2. The fourth-order valence-electron chi connectivity index (χ4n) is 3.94. The second-order valence-corrected chi connectivity index (χ2v) is 8.53. The number of hydrogen-bond donors (Lipinski definition) is 1. The van der Waals surface area contributed by atoms with Crippen LogP contribution < -0.4 is 10.1 Å². The summed E-state index contributed by atoms with van der Waals surface area (Å²) in [5.74, 6) is 0.955. The molecule has 0 fully saturated rings. The van der Waals surface area contributed by atoms with E-state index in [-0.39, 0.29) is 17.7 Å². The van der Waals surface area contributed by atoms with Gasteiger partial charge in [0.2, 0.25) is 0 Å². The first-order valence-electron chi connectivity index (χ1n) is 10.0. The summed E-state index contributed by atoms with van der Waals surface area (Å²) < 4.78 is 5.84. The van der Waals surface area contributed by atoms with Crippen LogP contribution in [0.2, 0.25) is 10.0 Å². The number of amides is 1. The summed E-state index contributed by atoms with van der Waals surface area (Å²) in [5, 5.41) is 4.51. The number of halogens is 2. The topological polar surface area (TPSA) is 38.3 Å². The third-order valence-electron chi connectivity index (χ3n) is 5.73. The van der Waals surface area contributed by atoms with E-state index in [9.17, 15) is 4.79 Å². The highest BCUT2D eigenvalue weighted by atomic mass is 35.5. The molecule has 3 aromatic carbocycles. The average molecular weight is 440 g/mol. The second kappa shape index (κ2) is 9.11. The first kappa shape index (κ1) is 20.8. The molecule has 3 unspecified atom stereocenters. The van der Waals surface area contributed by atoms with Crippen molar-refractivity contribution in [2.45, 2.75) is 31.3 Å². The number of fused-ring (bicyclic) bond motifs is 1. The Morgan fingerprint density at radius 3 is 2.20 bits per heavy atom. The van der Waals surface area contributed by atoms with Gasteiger partial charge in [0.05, 0.1) is 0 Å². The van der Waals surface area contributed by atoms with Crippen molar-refractivity contribution in [3.63, 3.8) is 0 Å². The van der Waals surface area contributed by atoms with Gasteiger partial charge in [-0.2, -0.15) is 0 Å². The molecule has 0 bridgehead atoms. The lowest BCUT2D eigenvalue weighted by Crippen LogP contribution is -2.40. The molecule has 0 saturated carbocycles. The highest BCUT2D eigenvalue weighted by molar-refractivity contribution is 6.30. The Balaban J connectivity index is 1.49. The zero-order valence-electron chi connectivity index (χ0n) is 16.6. The molecule has 0 saturated heterocycles. The van der Waals surface area contributed by atoms with Crippen molar-refractivity contribution in [1.29, 1.82) is 0 Å². The van der Waals surface area contributed by atoms with Crippen molar-refractivity contribution in [3.05, 3.63) is 99.5 Å². The molecule has 3 nitrogen and oxygen atoms in total. The molecule has 4 rings (SSSR count). The standard InChI is InChI=1S/C25H23Cl2NO2/c1-16(17-6-10-20(26)11-7-17)22(18-8-12-21(27)13-9-18)15-28-25(29)24-14-19-4-2-3-5-23(19)30-24/h2-13,16,22,24H,14-15H2,1H3,(H,28,29). The predicted molar refractivity (Wildman–Crippen MR) is 122 cm³/mol. The summed E-state index contributed by atoms with van der Waals surface area (Å²) in [7, 11) is 0. The first-order chi connectivity index (χ1) is 14.5. The Morgan fingerprint density at radius 2 is 1.57 bits per heavy atom. The van der Waals surface area contributed by atoms with Gasteiger partial charge in [-0.25, -0.2) is 0 Å². The number of carbonyl (C=O) groups excluding carboxylic acids is 1. The van der Waals surface area contributed by atoms with Crippen LogP contribution in [0.3, 0.4) is 0 Å². The van der Waals surface area contributed by atoms with E-state index in [1.807, 2.05) is 72.8 Å². The quantitative estimate of drug-likeness (QED) is 0.511. The Hall–Kier alpha value is -2.49. The van der Waals surface area contributed by atoms with Crippen molar-refractivity contribution in [2.75, 3.05) is 6.54 Å². The monoisotopic (exact) mass is 439 g/mol. The minimum absolute atomic E-state index is 0.0798. The van der Waals surface area contributed by atoms with E-state index in [2.05, 4.69) is 12.2 Å². The number of hydrogen-bond acceptors (Lipinski definition) is 2. The molecule has 1 aliphatic heterocycles. The van der Waals surface area contributed by atoms with Crippen LogP contribution in [-0.4, -0.2) is 18.6 Å². The highest BCUT2D eigenvalue weighted by Crippen LogP contribution is 2.34. The molecule has 1 heterocycles. The summed E-state index contributed by atoms with van der Waals surface area (Å²) in [6.07, 6.45) is 0.111. The lowest BCUT2D eigenvalue weighted by Gasteiger charge is -2.26. The van der Waals surface area contributed by atoms with Gasteiger partial charge in [0.25, 0.3) is 5.91 Å². The van der Waals surface area contributed by atoms with Crippen LogP contribution in [0.4, 0.5) is 0 Å². The summed E-state index contributed by atoms with van der Waals surface area (Å²) >= 11 is 12.1. The van der Waals surface area contributed by atoms with Crippen molar-refractivity contribution >= 4 is 29.1 Å². The Morgan fingerprint density at radius 1 is 0.967 bits per heavy atom. The third kappa shape index (κ3) is 4.63. The van der Waals surface area contributed by atoms with Gasteiger partial charge in [0, 0.05) is 28.9 Å². The molecule has 3 aromatic rings. The van der Waals surface area contributed by atoms with Crippen LogP contribution in [-0.2, 0) is 11.2 Å². The van der Waals surface area contributed by atoms with Gasteiger partial charge in [-0.3, -0.25) is 4.79 Å². The number of benzene rings is 3. The Bertz CT molecular complexity index is 993. The van der Waals surface area contributed by atoms with E-state index >= 15 is 0 Å². The van der Waals surface area contributed by atoms with Crippen LogP contribution >= 0.6 is 23.2 Å². The van der Waals surface area contributed by atoms with Crippen molar-refractivity contribution in [3.8, 4) is 5.75 Å². The number of nitrogens with one attached hydrogen (secondary N) is 1. The van der Waals surface area contributed by atoms with E-state index < -0.39 is 6.10 Å². The first-order valence-corrected chi connectivity index (χ1v) is 10.8. The van der Waals surface area contributed by atoms with Crippen molar-refractivity contribution < 1.29 is 9.53 Å². The molecule has 1 amide bonds. The second-order valence-electron chi connectivity index (χ2n) is 7.66. The van der Waals surface area contributed by atoms with E-state index in [1.165, 1.54) is 0 Å². The molecule has 154 valence electrons. The highest BCUT2D eigenvalue weighted by Gasteiger charge is 2.30. The number of rotatable bonds is 6. The maximum Gasteiger partial charge on any atom is 0.261 e. The lowest BCUT2D eigenvalue weighted by molar-refractivity contribution is -0.127. The van der Waals surface area contributed by atoms with Gasteiger partial charge in [0.1, 0.15) is 5.75 Å². The van der Waals surface area contributed by atoms with Gasteiger partial charge >= 0.3 is 0 Å². The zero-order chi connectivity index (χ0) is 21.1. The van der Waals surface area contributed by atoms with Crippen LogP contribution in [0.1, 0.15) is 35.4 Å². The Labute approximate surface area is 187 Å². The minimum atomic E-state index is -0.487. The van der Waals surface area contributed by atoms with Gasteiger partial charge in [-0.1, -0.05) is 72.6 Å². The van der Waals surface area contributed by atoms with E-state index in [4.69, 9.17) is 27.9 Å². The molecule has 0 spiro atoms. The summed E-state index contributed by atoms with van der Waals surface area (Å²) in [6, 6.07) is 23.5. The van der Waals surface area contributed by atoms with E-state index in [0.29, 0.717) is 23.0 Å². The van der Waals surface area contributed by atoms with Crippen LogP contribution in [0.25, 0.3) is 0 Å². The molecule has 3 atom stereocenters. The molecule has 1 N–H and O–H groups in total. The lowest BCUT2D eigenvalue weighted by atomic mass is 9.82. The van der Waals surface area contributed by atoms with E-state index in [0.717, 1.165) is 22.4 Å². The number of para-hydroxylation sites is 1. The molecule has 5 heteroatoms. The smallest absolute Gasteiger partial charge is 0.261 e. The summed E-state index contributed by atoms with van der Waals surface area (Å²) in [5.41, 5.74) is 3.36. The number of carbonyl (C=O) groups is 1. The fourth-order valence-corrected chi connectivity index (χ4v) is 4.20. The van der Waals surface area contributed by atoms with Gasteiger partial charge in [-0.15, -0.1) is 0 Å². The molecule has 0 radical (unpaired) electrons. The SMILES string of the molecule is CC(c1ccc(Cl)cc1)C(CNC(=O)C1Cc2ccccc2O1)c1ccc(Cl)cc1. The summed E-state index contributed by atoms with van der Waals surface area (Å²) in [6.45, 7) is 2.66. The normalized spacial score (nSPS) is 17.0. The van der Waals surface area contributed by atoms with Crippen LogP contribution in [0.15, 0.2) is 72.8 Å². The predicted octanol–water partition coefficient (Wildman–Crippen LogP) is 6.00. The van der Waals surface area contributed by atoms with E-state index in [1.54, 1.807) is 0 Å². The number of ether oxygens (including phenoxy) is 1. The molecule has 1 aliphatic rings. The van der Waals surface area contributed by atoms with Crippen molar-refractivity contribution in [1.82, 2.24) is 5.32 Å². The fraction of sp³-hybridized carbons (Fsp3) is 0.240. The average Bonchev–Trinajstić information content (AvgIpc) is 3.20. The Kier molecular flexibility index (Phi) is 6.31. The maximum absolute atomic E-state index is 12.8. The van der Waals surface area contributed by atoms with Crippen LogP contribution in [0.5, 0.6) is 5.75 Å².